The molecule has 0 bridgehead atoms. The first-order valence-electron chi connectivity index (χ1n) is 9.49. The molecule has 3 nitrogen and oxygen atoms in total. The molecule has 0 atom stereocenters. The van der Waals surface area contributed by atoms with Crippen LogP contribution in [0.15, 0.2) is 114 Å². The number of rotatable bonds is 7. The summed E-state index contributed by atoms with van der Waals surface area (Å²) in [5, 5.41) is 0. The Labute approximate surface area is 170 Å². The van der Waals surface area contributed by atoms with E-state index in [1.165, 1.54) is 0 Å². The molecular formula is C26H21NO2. The van der Waals surface area contributed by atoms with Crippen molar-refractivity contribution < 1.29 is 9.47 Å². The van der Waals surface area contributed by atoms with Gasteiger partial charge in [0.1, 0.15) is 23.9 Å². The van der Waals surface area contributed by atoms with Crippen LogP contribution in [0.25, 0.3) is 0 Å². The van der Waals surface area contributed by atoms with Gasteiger partial charge in [0.15, 0.2) is 0 Å². The quantitative estimate of drug-likeness (QED) is 0.330. The third-order valence-corrected chi connectivity index (χ3v) is 4.28. The van der Waals surface area contributed by atoms with E-state index in [0.717, 1.165) is 34.1 Å². The summed E-state index contributed by atoms with van der Waals surface area (Å²) >= 11 is 0. The smallest absolute Gasteiger partial charge is 0.127 e. The van der Waals surface area contributed by atoms with E-state index < -0.39 is 0 Å². The van der Waals surface area contributed by atoms with Gasteiger partial charge in [-0.1, -0.05) is 60.7 Å². The predicted octanol–water partition coefficient (Wildman–Crippen LogP) is 6.81. The van der Waals surface area contributed by atoms with Crippen LogP contribution in [0.1, 0.15) is 11.1 Å². The fourth-order valence-electron chi connectivity index (χ4n) is 2.80. The maximum atomic E-state index is 5.88. The molecule has 0 aromatic heterocycles. The number of benzene rings is 4. The summed E-state index contributed by atoms with van der Waals surface area (Å²) in [6, 6.07) is 35.5. The van der Waals surface area contributed by atoms with Gasteiger partial charge in [-0.15, -0.1) is 0 Å². The van der Waals surface area contributed by atoms with Crippen molar-refractivity contribution in [2.75, 3.05) is 0 Å². The lowest BCUT2D eigenvalue weighted by atomic mass is 10.2. The zero-order valence-electron chi connectivity index (χ0n) is 15.9. The Balaban J connectivity index is 1.37. The number of para-hydroxylation sites is 1. The topological polar surface area (TPSA) is 30.8 Å². The van der Waals surface area contributed by atoms with Gasteiger partial charge in [0.05, 0.1) is 5.69 Å². The van der Waals surface area contributed by atoms with Crippen molar-refractivity contribution in [1.82, 2.24) is 0 Å². The highest BCUT2D eigenvalue weighted by Crippen LogP contribution is 2.24. The molecule has 4 aromatic carbocycles. The third-order valence-electron chi connectivity index (χ3n) is 4.28. The maximum Gasteiger partial charge on any atom is 0.127 e. The highest BCUT2D eigenvalue weighted by atomic mass is 16.5. The van der Waals surface area contributed by atoms with Crippen molar-refractivity contribution in [3.8, 4) is 17.2 Å². The molecule has 0 fully saturated rings. The zero-order chi connectivity index (χ0) is 19.7. The predicted molar refractivity (Wildman–Crippen MR) is 117 cm³/mol. The first-order chi connectivity index (χ1) is 14.3. The molecule has 0 aliphatic rings. The molecule has 142 valence electrons. The summed E-state index contributed by atoms with van der Waals surface area (Å²) in [7, 11) is 0. The number of ether oxygens (including phenoxy) is 2. The Morgan fingerprint density at radius 2 is 1.28 bits per heavy atom. The minimum Gasteiger partial charge on any atom is -0.489 e. The molecule has 29 heavy (non-hydrogen) atoms. The molecule has 4 aromatic rings. The van der Waals surface area contributed by atoms with Crippen LogP contribution < -0.4 is 9.47 Å². The van der Waals surface area contributed by atoms with E-state index in [2.05, 4.69) is 17.1 Å². The van der Waals surface area contributed by atoms with Crippen LogP contribution in [-0.4, -0.2) is 6.21 Å². The summed E-state index contributed by atoms with van der Waals surface area (Å²) in [6.45, 7) is 0.546. The van der Waals surface area contributed by atoms with E-state index in [-0.39, 0.29) is 0 Å². The minimum absolute atomic E-state index is 0.546. The lowest BCUT2D eigenvalue weighted by Gasteiger charge is -2.07. The molecular weight excluding hydrogens is 358 g/mol. The fraction of sp³-hybridized carbons (Fsp3) is 0.0385. The van der Waals surface area contributed by atoms with E-state index in [1.807, 2.05) is 103 Å². The van der Waals surface area contributed by atoms with Gasteiger partial charge in [-0.25, -0.2) is 0 Å². The van der Waals surface area contributed by atoms with Crippen LogP contribution in [0.2, 0.25) is 0 Å². The second kappa shape index (κ2) is 9.38. The lowest BCUT2D eigenvalue weighted by molar-refractivity contribution is 0.306. The number of hydrogen-bond acceptors (Lipinski definition) is 3. The average molecular weight is 379 g/mol. The molecule has 0 heterocycles. The monoisotopic (exact) mass is 379 g/mol. The van der Waals surface area contributed by atoms with E-state index in [0.29, 0.717) is 6.61 Å². The number of hydrogen-bond donors (Lipinski definition) is 0. The molecule has 0 spiro atoms. The molecule has 0 saturated heterocycles. The Kier molecular flexibility index (Phi) is 5.99. The van der Waals surface area contributed by atoms with Crippen molar-refractivity contribution in [3.63, 3.8) is 0 Å². The Hall–Kier alpha value is -3.85. The van der Waals surface area contributed by atoms with Crippen LogP contribution in [-0.2, 0) is 6.61 Å². The van der Waals surface area contributed by atoms with Gasteiger partial charge in [-0.3, -0.25) is 4.99 Å². The van der Waals surface area contributed by atoms with Crippen LogP contribution in [0.5, 0.6) is 17.2 Å². The Bertz CT molecular complexity index is 1060. The Morgan fingerprint density at radius 1 is 0.621 bits per heavy atom. The average Bonchev–Trinajstić information content (AvgIpc) is 2.79. The minimum atomic E-state index is 0.546. The summed E-state index contributed by atoms with van der Waals surface area (Å²) in [4.78, 5) is 4.55. The first kappa shape index (κ1) is 18.5. The fourth-order valence-corrected chi connectivity index (χ4v) is 2.80. The molecule has 0 radical (unpaired) electrons. The maximum absolute atomic E-state index is 5.88. The van der Waals surface area contributed by atoms with Gasteiger partial charge in [-0.05, 0) is 59.7 Å². The summed E-state index contributed by atoms with van der Waals surface area (Å²) < 4.78 is 11.7. The van der Waals surface area contributed by atoms with Gasteiger partial charge in [0.2, 0.25) is 0 Å². The van der Waals surface area contributed by atoms with Crippen molar-refractivity contribution in [2.45, 2.75) is 6.61 Å². The van der Waals surface area contributed by atoms with Gasteiger partial charge < -0.3 is 9.47 Å². The normalized spacial score (nSPS) is 10.8. The second-order valence-electron chi connectivity index (χ2n) is 6.51. The van der Waals surface area contributed by atoms with Gasteiger partial charge in [-0.2, -0.15) is 0 Å². The van der Waals surface area contributed by atoms with Gasteiger partial charge in [0.25, 0.3) is 0 Å². The van der Waals surface area contributed by atoms with Crippen molar-refractivity contribution >= 4 is 11.9 Å². The van der Waals surface area contributed by atoms with E-state index in [4.69, 9.17) is 9.47 Å². The highest BCUT2D eigenvalue weighted by molar-refractivity contribution is 5.82. The zero-order valence-corrected chi connectivity index (χ0v) is 15.9. The number of nitrogens with zero attached hydrogens (tertiary/aromatic N) is 1. The van der Waals surface area contributed by atoms with Crippen LogP contribution in [0, 0.1) is 0 Å². The van der Waals surface area contributed by atoms with Crippen molar-refractivity contribution in [1.29, 1.82) is 0 Å². The summed E-state index contributed by atoms with van der Waals surface area (Å²) in [6.07, 6.45) is 1.84. The molecule has 0 unspecified atom stereocenters. The van der Waals surface area contributed by atoms with Crippen LogP contribution >= 0.6 is 0 Å². The van der Waals surface area contributed by atoms with E-state index in [1.54, 1.807) is 0 Å². The molecule has 0 amide bonds. The second-order valence-corrected chi connectivity index (χ2v) is 6.51. The van der Waals surface area contributed by atoms with E-state index >= 15 is 0 Å². The van der Waals surface area contributed by atoms with Gasteiger partial charge >= 0.3 is 0 Å². The number of aliphatic imine (C=N–C) groups is 1. The molecule has 0 N–H and O–H groups in total. The standard InChI is InChI=1S/C26H21NO2/c1-3-8-21(9-4-1)20-28-26-13-7-10-22(18-26)19-27-23-14-16-25(17-15-23)29-24-11-5-2-6-12-24/h1-19H,20H2. The van der Waals surface area contributed by atoms with Crippen LogP contribution in [0.4, 0.5) is 5.69 Å². The first-order valence-corrected chi connectivity index (χ1v) is 9.49. The molecule has 3 heteroatoms. The molecule has 0 aliphatic carbocycles. The summed E-state index contributed by atoms with van der Waals surface area (Å²) in [5.74, 6) is 2.42. The Morgan fingerprint density at radius 3 is 2.03 bits per heavy atom. The lowest BCUT2D eigenvalue weighted by Crippen LogP contribution is -1.95. The molecule has 0 aliphatic heterocycles. The highest BCUT2D eigenvalue weighted by Gasteiger charge is 1.99. The molecule has 0 saturated carbocycles. The summed E-state index contributed by atoms with van der Waals surface area (Å²) in [5.41, 5.74) is 2.99. The van der Waals surface area contributed by atoms with Gasteiger partial charge in [0, 0.05) is 6.21 Å². The largest absolute Gasteiger partial charge is 0.489 e. The van der Waals surface area contributed by atoms with Crippen LogP contribution in [0.3, 0.4) is 0 Å². The van der Waals surface area contributed by atoms with E-state index in [9.17, 15) is 0 Å². The third kappa shape index (κ3) is 5.56. The SMILES string of the molecule is C(=Nc1ccc(Oc2ccccc2)cc1)c1cccc(OCc2ccccc2)c1. The van der Waals surface area contributed by atoms with Crippen molar-refractivity contribution in [2.24, 2.45) is 4.99 Å². The molecule has 4 rings (SSSR count). The van der Waals surface area contributed by atoms with Crippen molar-refractivity contribution in [3.05, 3.63) is 120 Å².